The Kier molecular flexibility index (Phi) is 10.4. The molecule has 0 saturated carbocycles. The lowest BCUT2D eigenvalue weighted by atomic mass is 10.1. The van der Waals surface area contributed by atoms with E-state index in [1.165, 1.54) is 11.1 Å². The molecule has 146 valence electrons. The zero-order chi connectivity index (χ0) is 18.9. The molecule has 2 aromatic rings. The Morgan fingerprint density at radius 2 is 1.89 bits per heavy atom. The first kappa shape index (κ1) is 23.4. The molecule has 0 atom stereocenters. The lowest BCUT2D eigenvalue weighted by Crippen LogP contribution is -2.38. The van der Waals surface area contributed by atoms with Gasteiger partial charge in [0.25, 0.3) is 0 Å². The number of amides is 1. The van der Waals surface area contributed by atoms with Gasteiger partial charge in [-0.25, -0.2) is 0 Å². The highest BCUT2D eigenvalue weighted by molar-refractivity contribution is 14.0. The molecule has 0 radical (unpaired) electrons. The highest BCUT2D eigenvalue weighted by Crippen LogP contribution is 2.20. The topological polar surface area (TPSA) is 65.5 Å². The number of aliphatic imine (C=N–C) groups is 1. The molecular weight excluding hydrogens is 519 g/mol. The summed E-state index contributed by atoms with van der Waals surface area (Å²) in [5, 5.41) is 9.35. The molecule has 2 aromatic carbocycles. The average molecular weight is 545 g/mol. The molecule has 5 nitrogen and oxygen atoms in total. The molecule has 0 bridgehead atoms. The van der Waals surface area contributed by atoms with Gasteiger partial charge in [0.1, 0.15) is 0 Å². The van der Waals surface area contributed by atoms with Gasteiger partial charge in [-0.05, 0) is 43.2 Å². The van der Waals surface area contributed by atoms with Gasteiger partial charge in [-0.3, -0.25) is 9.79 Å². The standard InChI is InChI=1S/C20H25BrN4O.HI/c1-14-5-4-6-16(11-14)13-24-20(22-3)23-10-9-19(26)25-18-8-7-17(21)12-15(18)2;/h4-8,11-12H,9-10,13H2,1-3H3,(H,25,26)(H2,22,23,24);1H. The molecule has 3 N–H and O–H groups in total. The fourth-order valence-corrected chi connectivity index (χ4v) is 2.98. The zero-order valence-electron chi connectivity index (χ0n) is 15.8. The van der Waals surface area contributed by atoms with Crippen molar-refractivity contribution in [3.63, 3.8) is 0 Å². The second-order valence-corrected chi connectivity index (χ2v) is 7.01. The number of halogens is 2. The molecule has 1 amide bonds. The van der Waals surface area contributed by atoms with Crippen molar-refractivity contribution in [1.82, 2.24) is 10.6 Å². The highest BCUT2D eigenvalue weighted by Gasteiger charge is 2.06. The zero-order valence-corrected chi connectivity index (χ0v) is 19.7. The molecule has 0 aromatic heterocycles. The highest BCUT2D eigenvalue weighted by atomic mass is 127. The quantitative estimate of drug-likeness (QED) is 0.287. The second-order valence-electron chi connectivity index (χ2n) is 6.10. The number of carbonyl (C=O) groups excluding carboxylic acids is 1. The second kappa shape index (κ2) is 12.0. The third-order valence-corrected chi connectivity index (χ3v) is 4.37. The van der Waals surface area contributed by atoms with E-state index in [1.807, 2.05) is 31.2 Å². The number of aryl methyl sites for hydroxylation is 2. The van der Waals surface area contributed by atoms with Crippen LogP contribution in [0.25, 0.3) is 0 Å². The summed E-state index contributed by atoms with van der Waals surface area (Å²) >= 11 is 3.42. The summed E-state index contributed by atoms with van der Waals surface area (Å²) < 4.78 is 0.998. The van der Waals surface area contributed by atoms with Crippen molar-refractivity contribution in [1.29, 1.82) is 0 Å². The van der Waals surface area contributed by atoms with E-state index in [9.17, 15) is 4.79 Å². The fourth-order valence-electron chi connectivity index (χ4n) is 2.50. The maximum Gasteiger partial charge on any atom is 0.226 e. The summed E-state index contributed by atoms with van der Waals surface area (Å²) in [4.78, 5) is 16.3. The summed E-state index contributed by atoms with van der Waals surface area (Å²) in [5.41, 5.74) is 4.28. The smallest absolute Gasteiger partial charge is 0.226 e. The van der Waals surface area contributed by atoms with Crippen molar-refractivity contribution in [2.45, 2.75) is 26.8 Å². The maximum atomic E-state index is 12.1. The number of guanidine groups is 1. The molecular formula is C20H26BrIN4O. The van der Waals surface area contributed by atoms with Crippen LogP contribution in [0.1, 0.15) is 23.1 Å². The Balaban J connectivity index is 0.00000364. The van der Waals surface area contributed by atoms with Crippen LogP contribution in [-0.2, 0) is 11.3 Å². The summed E-state index contributed by atoms with van der Waals surface area (Å²) in [6.45, 7) is 5.23. The number of benzene rings is 2. The van der Waals surface area contributed by atoms with Gasteiger partial charge >= 0.3 is 0 Å². The van der Waals surface area contributed by atoms with Crippen LogP contribution in [0.3, 0.4) is 0 Å². The van der Waals surface area contributed by atoms with E-state index in [0.717, 1.165) is 15.7 Å². The Labute approximate surface area is 186 Å². The summed E-state index contributed by atoms with van der Waals surface area (Å²) in [6, 6.07) is 14.1. The Hall–Kier alpha value is -1.61. The lowest BCUT2D eigenvalue weighted by molar-refractivity contribution is -0.116. The molecule has 2 rings (SSSR count). The molecule has 0 aliphatic carbocycles. The number of hydrogen-bond donors (Lipinski definition) is 3. The number of carbonyl (C=O) groups is 1. The Morgan fingerprint density at radius 3 is 2.56 bits per heavy atom. The van der Waals surface area contributed by atoms with Crippen molar-refractivity contribution in [2.75, 3.05) is 18.9 Å². The molecule has 0 fully saturated rings. The van der Waals surface area contributed by atoms with Crippen molar-refractivity contribution in [3.8, 4) is 0 Å². The van der Waals surface area contributed by atoms with E-state index in [4.69, 9.17) is 0 Å². The van der Waals surface area contributed by atoms with Crippen molar-refractivity contribution < 1.29 is 4.79 Å². The average Bonchev–Trinajstić information content (AvgIpc) is 2.60. The van der Waals surface area contributed by atoms with Crippen LogP contribution in [0, 0.1) is 13.8 Å². The van der Waals surface area contributed by atoms with Gasteiger partial charge < -0.3 is 16.0 Å². The molecule has 7 heteroatoms. The third kappa shape index (κ3) is 8.30. The van der Waals surface area contributed by atoms with Crippen LogP contribution >= 0.6 is 39.9 Å². The number of rotatable bonds is 6. The van der Waals surface area contributed by atoms with Crippen molar-refractivity contribution in [2.24, 2.45) is 4.99 Å². The SMILES string of the molecule is CN=C(NCCC(=O)Nc1ccc(Br)cc1C)NCc1cccc(C)c1.I. The summed E-state index contributed by atoms with van der Waals surface area (Å²) in [7, 11) is 1.72. The first-order valence-electron chi connectivity index (χ1n) is 8.54. The van der Waals surface area contributed by atoms with Crippen LogP contribution in [0.2, 0.25) is 0 Å². The minimum absolute atomic E-state index is 0. The fraction of sp³-hybridized carbons (Fsp3) is 0.300. The van der Waals surface area contributed by atoms with E-state index in [2.05, 4.69) is 62.0 Å². The van der Waals surface area contributed by atoms with Crippen LogP contribution in [0.4, 0.5) is 5.69 Å². The van der Waals surface area contributed by atoms with E-state index in [0.29, 0.717) is 25.5 Å². The number of nitrogens with one attached hydrogen (secondary N) is 3. The monoisotopic (exact) mass is 544 g/mol. The molecule has 27 heavy (non-hydrogen) atoms. The predicted molar refractivity (Wildman–Crippen MR) is 127 cm³/mol. The van der Waals surface area contributed by atoms with Gasteiger partial charge in [0, 0.05) is 36.7 Å². The van der Waals surface area contributed by atoms with Crippen LogP contribution in [0.15, 0.2) is 51.9 Å². The van der Waals surface area contributed by atoms with Gasteiger partial charge in [0.05, 0.1) is 0 Å². The van der Waals surface area contributed by atoms with Crippen molar-refractivity contribution in [3.05, 3.63) is 63.6 Å². The van der Waals surface area contributed by atoms with E-state index >= 15 is 0 Å². The third-order valence-electron chi connectivity index (χ3n) is 3.87. The molecule has 0 aliphatic rings. The van der Waals surface area contributed by atoms with E-state index in [1.54, 1.807) is 7.05 Å². The summed E-state index contributed by atoms with van der Waals surface area (Å²) in [5.74, 6) is 0.649. The minimum atomic E-state index is -0.0305. The first-order chi connectivity index (χ1) is 12.5. The first-order valence-corrected chi connectivity index (χ1v) is 9.33. The number of nitrogens with zero attached hydrogens (tertiary/aromatic N) is 1. The van der Waals surface area contributed by atoms with E-state index < -0.39 is 0 Å². The molecule has 0 aliphatic heterocycles. The van der Waals surface area contributed by atoms with Crippen LogP contribution in [-0.4, -0.2) is 25.5 Å². The van der Waals surface area contributed by atoms with E-state index in [-0.39, 0.29) is 29.9 Å². The molecule has 0 unspecified atom stereocenters. The van der Waals surface area contributed by atoms with Crippen LogP contribution < -0.4 is 16.0 Å². The predicted octanol–water partition coefficient (Wildman–Crippen LogP) is 4.38. The van der Waals surface area contributed by atoms with Crippen molar-refractivity contribution >= 4 is 57.5 Å². The Morgan fingerprint density at radius 1 is 1.11 bits per heavy atom. The molecule has 0 saturated heterocycles. The lowest BCUT2D eigenvalue weighted by Gasteiger charge is -2.13. The van der Waals surface area contributed by atoms with Gasteiger partial charge in [-0.2, -0.15) is 0 Å². The van der Waals surface area contributed by atoms with Gasteiger partial charge in [0.15, 0.2) is 5.96 Å². The molecule has 0 spiro atoms. The van der Waals surface area contributed by atoms with Gasteiger partial charge in [0.2, 0.25) is 5.91 Å². The largest absolute Gasteiger partial charge is 0.356 e. The van der Waals surface area contributed by atoms with Gasteiger partial charge in [-0.15, -0.1) is 24.0 Å². The Bertz CT molecular complexity index is 795. The minimum Gasteiger partial charge on any atom is -0.356 e. The normalized spacial score (nSPS) is 10.7. The number of anilines is 1. The summed E-state index contributed by atoms with van der Waals surface area (Å²) in [6.07, 6.45) is 0.362. The molecule has 0 heterocycles. The maximum absolute atomic E-state index is 12.1. The van der Waals surface area contributed by atoms with Gasteiger partial charge in [-0.1, -0.05) is 45.8 Å². The van der Waals surface area contributed by atoms with Crippen LogP contribution in [0.5, 0.6) is 0 Å². The number of hydrogen-bond acceptors (Lipinski definition) is 2.